The summed E-state index contributed by atoms with van der Waals surface area (Å²) in [6.45, 7) is 4.55. The summed E-state index contributed by atoms with van der Waals surface area (Å²) in [4.78, 5) is 41.9. The van der Waals surface area contributed by atoms with Crippen LogP contribution in [-0.4, -0.2) is 59.7 Å². The van der Waals surface area contributed by atoms with Crippen molar-refractivity contribution in [1.82, 2.24) is 15.1 Å². The van der Waals surface area contributed by atoms with Crippen molar-refractivity contribution in [3.63, 3.8) is 0 Å². The van der Waals surface area contributed by atoms with Gasteiger partial charge in [-0.2, -0.15) is 0 Å². The Labute approximate surface area is 182 Å². The van der Waals surface area contributed by atoms with E-state index in [9.17, 15) is 14.4 Å². The van der Waals surface area contributed by atoms with Gasteiger partial charge in [0.25, 0.3) is 0 Å². The molecule has 2 N–H and O–H groups in total. The lowest BCUT2D eigenvalue weighted by atomic mass is 10.00. The maximum absolute atomic E-state index is 13.1. The van der Waals surface area contributed by atoms with E-state index in [4.69, 9.17) is 0 Å². The molecule has 1 saturated heterocycles. The van der Waals surface area contributed by atoms with Crippen molar-refractivity contribution in [1.29, 1.82) is 0 Å². The number of carbonyl (C=O) groups is 3. The van der Waals surface area contributed by atoms with Crippen LogP contribution in [0.1, 0.15) is 23.1 Å². The fourth-order valence-electron chi connectivity index (χ4n) is 4.30. The Kier molecular flexibility index (Phi) is 6.32. The Balaban J connectivity index is 1.39. The first-order chi connectivity index (χ1) is 15.0. The third-order valence-electron chi connectivity index (χ3n) is 5.90. The van der Waals surface area contributed by atoms with Gasteiger partial charge in [-0.1, -0.05) is 36.4 Å². The molecular weight excluding hydrogens is 392 g/mol. The molecule has 2 heterocycles. The predicted molar refractivity (Wildman–Crippen MR) is 118 cm³/mol. The molecule has 3 amide bonds. The highest BCUT2D eigenvalue weighted by Gasteiger charge is 2.35. The van der Waals surface area contributed by atoms with Crippen LogP contribution < -0.4 is 10.6 Å². The molecule has 0 bridgehead atoms. The number of fused-ring (bicyclic) bond motifs is 1. The Morgan fingerprint density at radius 2 is 1.90 bits per heavy atom. The zero-order chi connectivity index (χ0) is 21.8. The average Bonchev–Trinajstić information content (AvgIpc) is 2.75. The molecule has 2 aliphatic rings. The molecule has 1 atom stereocenters. The topological polar surface area (TPSA) is 81.8 Å². The van der Waals surface area contributed by atoms with E-state index in [2.05, 4.69) is 27.7 Å². The van der Waals surface area contributed by atoms with Crippen LogP contribution >= 0.6 is 0 Å². The van der Waals surface area contributed by atoms with E-state index >= 15 is 0 Å². The van der Waals surface area contributed by atoms with E-state index in [1.54, 1.807) is 4.90 Å². The Morgan fingerprint density at radius 1 is 1.10 bits per heavy atom. The van der Waals surface area contributed by atoms with Gasteiger partial charge in [0, 0.05) is 31.9 Å². The number of nitrogens with one attached hydrogen (secondary N) is 2. The lowest BCUT2D eigenvalue weighted by Crippen LogP contribution is -2.59. The molecular formula is C24H28N4O3. The first kappa shape index (κ1) is 21.1. The lowest BCUT2D eigenvalue weighted by Gasteiger charge is -2.37. The Morgan fingerprint density at radius 3 is 2.71 bits per heavy atom. The van der Waals surface area contributed by atoms with Crippen molar-refractivity contribution < 1.29 is 14.4 Å². The van der Waals surface area contributed by atoms with Gasteiger partial charge in [0.2, 0.25) is 17.7 Å². The summed E-state index contributed by atoms with van der Waals surface area (Å²) in [5.41, 5.74) is 4.29. The predicted octanol–water partition coefficient (Wildman–Crippen LogP) is 1.71. The molecule has 7 nitrogen and oxygen atoms in total. The summed E-state index contributed by atoms with van der Waals surface area (Å²) < 4.78 is 0. The van der Waals surface area contributed by atoms with Gasteiger partial charge in [-0.15, -0.1) is 0 Å². The fraction of sp³-hybridized carbons (Fsp3) is 0.375. The number of hydrogen-bond acceptors (Lipinski definition) is 4. The third kappa shape index (κ3) is 5.11. The molecule has 0 radical (unpaired) electrons. The maximum atomic E-state index is 13.1. The molecule has 2 aromatic carbocycles. The highest BCUT2D eigenvalue weighted by atomic mass is 16.2. The molecule has 4 rings (SSSR count). The van der Waals surface area contributed by atoms with Crippen LogP contribution in [0.15, 0.2) is 48.5 Å². The summed E-state index contributed by atoms with van der Waals surface area (Å²) in [5.74, 6) is -0.664. The van der Waals surface area contributed by atoms with Crippen molar-refractivity contribution >= 4 is 23.4 Å². The minimum Gasteiger partial charge on any atom is -0.353 e. The largest absolute Gasteiger partial charge is 0.353 e. The van der Waals surface area contributed by atoms with Gasteiger partial charge in [0.1, 0.15) is 6.04 Å². The Hall–Kier alpha value is -3.19. The van der Waals surface area contributed by atoms with Gasteiger partial charge in [0.05, 0.1) is 13.0 Å². The van der Waals surface area contributed by atoms with Gasteiger partial charge < -0.3 is 15.5 Å². The van der Waals surface area contributed by atoms with Crippen LogP contribution in [0, 0.1) is 6.92 Å². The molecule has 0 spiro atoms. The summed E-state index contributed by atoms with van der Waals surface area (Å²) >= 11 is 0. The van der Waals surface area contributed by atoms with E-state index in [0.29, 0.717) is 18.8 Å². The number of hydrogen-bond donors (Lipinski definition) is 2. The quantitative estimate of drug-likeness (QED) is 0.772. The van der Waals surface area contributed by atoms with Crippen LogP contribution in [0.2, 0.25) is 0 Å². The number of nitrogens with zero attached hydrogens (tertiary/aromatic N) is 2. The molecule has 0 saturated carbocycles. The molecule has 2 aliphatic heterocycles. The molecule has 2 aromatic rings. The number of rotatable bonds is 5. The van der Waals surface area contributed by atoms with Gasteiger partial charge in [-0.3, -0.25) is 19.3 Å². The number of amides is 3. The molecule has 31 heavy (non-hydrogen) atoms. The van der Waals surface area contributed by atoms with Gasteiger partial charge in [-0.25, -0.2) is 0 Å². The summed E-state index contributed by atoms with van der Waals surface area (Å²) in [7, 11) is 0. The standard InChI is InChI=1S/C24H28N4O3/c1-17-5-4-8-20(13-17)26-22(29)14-21-24(31)25-10-12-28(21)23(30)16-27-11-9-18-6-2-3-7-19(18)15-27/h2-8,13,21H,9-12,14-16H2,1H3,(H,25,31)(H,26,29). The second kappa shape index (κ2) is 9.31. The number of benzene rings is 2. The van der Waals surface area contributed by atoms with E-state index in [-0.39, 0.29) is 30.7 Å². The zero-order valence-electron chi connectivity index (χ0n) is 17.8. The van der Waals surface area contributed by atoms with Crippen molar-refractivity contribution in [2.45, 2.75) is 32.4 Å². The zero-order valence-corrected chi connectivity index (χ0v) is 17.8. The highest BCUT2D eigenvalue weighted by molar-refractivity contribution is 5.97. The number of anilines is 1. The SMILES string of the molecule is Cc1cccc(NC(=O)CC2C(=O)NCCN2C(=O)CN2CCc3ccccc3C2)c1. The van der Waals surface area contributed by atoms with E-state index in [0.717, 1.165) is 25.1 Å². The first-order valence-corrected chi connectivity index (χ1v) is 10.7. The minimum atomic E-state index is -0.789. The smallest absolute Gasteiger partial charge is 0.243 e. The summed E-state index contributed by atoms with van der Waals surface area (Å²) in [5, 5.41) is 5.62. The fourth-order valence-corrected chi connectivity index (χ4v) is 4.30. The van der Waals surface area contributed by atoms with Crippen LogP contribution in [0.3, 0.4) is 0 Å². The van der Waals surface area contributed by atoms with Crippen molar-refractivity contribution in [3.8, 4) is 0 Å². The molecule has 1 fully saturated rings. The lowest BCUT2D eigenvalue weighted by molar-refractivity contribution is -0.145. The summed E-state index contributed by atoms with van der Waals surface area (Å²) in [6.07, 6.45) is 0.848. The highest BCUT2D eigenvalue weighted by Crippen LogP contribution is 2.19. The normalized spacial score (nSPS) is 18.8. The molecule has 7 heteroatoms. The first-order valence-electron chi connectivity index (χ1n) is 10.7. The molecule has 162 valence electrons. The van der Waals surface area contributed by atoms with Gasteiger partial charge in [0.15, 0.2) is 0 Å². The molecule has 0 aromatic heterocycles. The molecule has 0 aliphatic carbocycles. The van der Waals surface area contributed by atoms with Crippen molar-refractivity contribution in [3.05, 3.63) is 65.2 Å². The van der Waals surface area contributed by atoms with Crippen molar-refractivity contribution in [2.24, 2.45) is 0 Å². The van der Waals surface area contributed by atoms with Gasteiger partial charge >= 0.3 is 0 Å². The van der Waals surface area contributed by atoms with Crippen molar-refractivity contribution in [2.75, 3.05) is 31.5 Å². The number of aryl methyl sites for hydroxylation is 1. The third-order valence-corrected chi connectivity index (χ3v) is 5.90. The minimum absolute atomic E-state index is 0.0612. The van der Waals surface area contributed by atoms with E-state index in [1.807, 2.05) is 43.3 Å². The van der Waals surface area contributed by atoms with E-state index < -0.39 is 6.04 Å². The van der Waals surface area contributed by atoms with Gasteiger partial charge in [-0.05, 0) is 42.2 Å². The number of carbonyl (C=O) groups excluding carboxylic acids is 3. The Bertz CT molecular complexity index is 990. The maximum Gasteiger partial charge on any atom is 0.243 e. The monoisotopic (exact) mass is 420 g/mol. The van der Waals surface area contributed by atoms with Crippen LogP contribution in [-0.2, 0) is 27.3 Å². The summed E-state index contributed by atoms with van der Waals surface area (Å²) in [6, 6.07) is 15.0. The molecule has 1 unspecified atom stereocenters. The average molecular weight is 421 g/mol. The van der Waals surface area contributed by atoms with Crippen LogP contribution in [0.4, 0.5) is 5.69 Å². The second-order valence-electron chi connectivity index (χ2n) is 8.25. The van der Waals surface area contributed by atoms with Crippen LogP contribution in [0.25, 0.3) is 0 Å². The number of piperazine rings is 1. The second-order valence-corrected chi connectivity index (χ2v) is 8.25. The van der Waals surface area contributed by atoms with Crippen LogP contribution in [0.5, 0.6) is 0 Å². The van der Waals surface area contributed by atoms with E-state index in [1.165, 1.54) is 11.1 Å².